The molecule has 2 N–H and O–H groups in total. The minimum absolute atomic E-state index is 0.0949. The minimum atomic E-state index is -0.986. The van der Waals surface area contributed by atoms with E-state index in [0.29, 0.717) is 6.42 Å². The molecule has 1 aromatic carbocycles. The number of carboxylic acid groups (broad SMARTS) is 1. The fourth-order valence-corrected chi connectivity index (χ4v) is 2.41. The van der Waals surface area contributed by atoms with Crippen molar-refractivity contribution in [1.82, 2.24) is 5.32 Å². The molecule has 0 aliphatic rings. The van der Waals surface area contributed by atoms with Gasteiger partial charge in [-0.3, -0.25) is 4.79 Å². The van der Waals surface area contributed by atoms with Gasteiger partial charge in [-0.2, -0.15) is 0 Å². The summed E-state index contributed by atoms with van der Waals surface area (Å²) in [7, 11) is 0. The highest BCUT2D eigenvalue weighted by molar-refractivity contribution is 9.10. The van der Waals surface area contributed by atoms with Crippen LogP contribution in [-0.4, -0.2) is 23.0 Å². The van der Waals surface area contributed by atoms with Crippen molar-refractivity contribution < 1.29 is 14.7 Å². The Labute approximate surface area is 127 Å². The molecule has 5 heteroatoms. The summed E-state index contributed by atoms with van der Waals surface area (Å²) in [6.07, 6.45) is 0.897. The summed E-state index contributed by atoms with van der Waals surface area (Å²) in [5.41, 5.74) is 1.91. The fraction of sp³-hybridized carbons (Fsp3) is 0.467. The average Bonchev–Trinajstić information content (AvgIpc) is 2.38. The largest absolute Gasteiger partial charge is 0.480 e. The Balaban J connectivity index is 2.73. The number of aryl methyl sites for hydroxylation is 1. The molecule has 2 atom stereocenters. The number of carboxylic acids is 1. The van der Waals surface area contributed by atoms with E-state index < -0.39 is 12.0 Å². The molecule has 4 nitrogen and oxygen atoms in total. The van der Waals surface area contributed by atoms with Crippen LogP contribution in [0.1, 0.15) is 31.4 Å². The van der Waals surface area contributed by atoms with Gasteiger partial charge in [0.2, 0.25) is 5.91 Å². The molecular weight excluding hydrogens is 322 g/mol. The maximum Gasteiger partial charge on any atom is 0.326 e. The Morgan fingerprint density at radius 2 is 2.05 bits per heavy atom. The predicted octanol–water partition coefficient (Wildman–Crippen LogP) is 2.92. The molecule has 0 aliphatic carbocycles. The first-order valence-corrected chi connectivity index (χ1v) is 7.41. The van der Waals surface area contributed by atoms with Crippen molar-refractivity contribution in [1.29, 1.82) is 0 Å². The molecule has 0 radical (unpaired) electrons. The van der Waals surface area contributed by atoms with E-state index in [4.69, 9.17) is 5.11 Å². The second kappa shape index (κ2) is 7.43. The van der Waals surface area contributed by atoms with E-state index in [1.165, 1.54) is 0 Å². The molecule has 0 heterocycles. The zero-order valence-electron chi connectivity index (χ0n) is 11.9. The second-order valence-electron chi connectivity index (χ2n) is 5.02. The van der Waals surface area contributed by atoms with E-state index in [9.17, 15) is 9.59 Å². The maximum absolute atomic E-state index is 12.0. The number of aliphatic carboxylic acids is 1. The van der Waals surface area contributed by atoms with E-state index in [-0.39, 0.29) is 18.2 Å². The van der Waals surface area contributed by atoms with Crippen molar-refractivity contribution in [2.75, 3.05) is 0 Å². The van der Waals surface area contributed by atoms with Crippen LogP contribution in [0.25, 0.3) is 0 Å². The Hall–Kier alpha value is -1.36. The number of rotatable bonds is 6. The standard InChI is InChI=1S/C15H20BrNO3/c1-4-9(2)14(15(19)20)17-13(18)8-11-5-6-12(16)7-10(11)3/h5-7,9,14H,4,8H2,1-3H3,(H,17,18)(H,19,20). The number of carbonyl (C=O) groups is 2. The molecule has 2 unspecified atom stereocenters. The van der Waals surface area contributed by atoms with Crippen LogP contribution in [0, 0.1) is 12.8 Å². The summed E-state index contributed by atoms with van der Waals surface area (Å²) in [6, 6.07) is 4.85. The van der Waals surface area contributed by atoms with E-state index in [2.05, 4.69) is 21.2 Å². The molecule has 0 saturated heterocycles. The quantitative estimate of drug-likeness (QED) is 0.835. The molecule has 0 spiro atoms. The predicted molar refractivity (Wildman–Crippen MR) is 81.6 cm³/mol. The molecule has 0 aliphatic heterocycles. The number of hydrogen-bond acceptors (Lipinski definition) is 2. The summed E-state index contributed by atoms with van der Waals surface area (Å²) in [5, 5.41) is 11.8. The lowest BCUT2D eigenvalue weighted by Gasteiger charge is -2.20. The number of halogens is 1. The SMILES string of the molecule is CCC(C)C(NC(=O)Cc1ccc(Br)cc1C)C(=O)O. The Morgan fingerprint density at radius 1 is 1.40 bits per heavy atom. The van der Waals surface area contributed by atoms with E-state index in [0.717, 1.165) is 15.6 Å². The van der Waals surface area contributed by atoms with Crippen LogP contribution >= 0.6 is 15.9 Å². The third-order valence-electron chi connectivity index (χ3n) is 3.45. The van der Waals surface area contributed by atoms with Crippen molar-refractivity contribution in [2.45, 2.75) is 39.7 Å². The van der Waals surface area contributed by atoms with E-state index in [1.54, 1.807) is 0 Å². The topological polar surface area (TPSA) is 66.4 Å². The Bertz CT molecular complexity index is 502. The van der Waals surface area contributed by atoms with Gasteiger partial charge in [-0.25, -0.2) is 4.79 Å². The van der Waals surface area contributed by atoms with Crippen molar-refractivity contribution in [3.63, 3.8) is 0 Å². The molecule has 1 amide bonds. The van der Waals surface area contributed by atoms with Crippen LogP contribution in [0.3, 0.4) is 0 Å². The van der Waals surface area contributed by atoms with Gasteiger partial charge >= 0.3 is 5.97 Å². The van der Waals surface area contributed by atoms with Crippen molar-refractivity contribution in [3.05, 3.63) is 33.8 Å². The van der Waals surface area contributed by atoms with Crippen LogP contribution in [-0.2, 0) is 16.0 Å². The highest BCUT2D eigenvalue weighted by Gasteiger charge is 2.25. The highest BCUT2D eigenvalue weighted by Crippen LogP contribution is 2.16. The molecule has 20 heavy (non-hydrogen) atoms. The summed E-state index contributed by atoms with van der Waals surface area (Å²) in [5.74, 6) is -1.34. The second-order valence-corrected chi connectivity index (χ2v) is 5.93. The molecule has 0 aromatic heterocycles. The first-order chi connectivity index (χ1) is 9.35. The number of hydrogen-bond donors (Lipinski definition) is 2. The van der Waals surface area contributed by atoms with Crippen molar-refractivity contribution in [3.8, 4) is 0 Å². The summed E-state index contributed by atoms with van der Waals surface area (Å²) < 4.78 is 0.960. The lowest BCUT2D eigenvalue weighted by molar-refractivity contribution is -0.143. The average molecular weight is 342 g/mol. The third-order valence-corrected chi connectivity index (χ3v) is 3.94. The lowest BCUT2D eigenvalue weighted by Crippen LogP contribution is -2.45. The smallest absolute Gasteiger partial charge is 0.326 e. The zero-order valence-corrected chi connectivity index (χ0v) is 13.5. The van der Waals surface area contributed by atoms with Gasteiger partial charge < -0.3 is 10.4 Å². The van der Waals surface area contributed by atoms with Crippen LogP contribution in [0.4, 0.5) is 0 Å². The highest BCUT2D eigenvalue weighted by atomic mass is 79.9. The summed E-state index contributed by atoms with van der Waals surface area (Å²) in [6.45, 7) is 5.66. The first-order valence-electron chi connectivity index (χ1n) is 6.62. The monoisotopic (exact) mass is 341 g/mol. The molecular formula is C15H20BrNO3. The Kier molecular flexibility index (Phi) is 6.20. The molecule has 0 bridgehead atoms. The molecule has 1 aromatic rings. The molecule has 0 fully saturated rings. The number of nitrogens with one attached hydrogen (secondary N) is 1. The number of benzene rings is 1. The zero-order chi connectivity index (χ0) is 15.3. The minimum Gasteiger partial charge on any atom is -0.480 e. The van der Waals surface area contributed by atoms with Crippen LogP contribution in [0.2, 0.25) is 0 Å². The van der Waals surface area contributed by atoms with Gasteiger partial charge in [0, 0.05) is 4.47 Å². The van der Waals surface area contributed by atoms with Gasteiger partial charge in [-0.05, 0) is 36.1 Å². The van der Waals surface area contributed by atoms with Gasteiger partial charge in [-0.1, -0.05) is 42.3 Å². The maximum atomic E-state index is 12.0. The molecule has 110 valence electrons. The van der Waals surface area contributed by atoms with E-state index in [1.807, 2.05) is 39.0 Å². The number of amides is 1. The summed E-state index contributed by atoms with van der Waals surface area (Å²) >= 11 is 3.37. The van der Waals surface area contributed by atoms with Crippen LogP contribution < -0.4 is 5.32 Å². The molecule has 1 rings (SSSR count). The van der Waals surface area contributed by atoms with Crippen LogP contribution in [0.5, 0.6) is 0 Å². The molecule has 0 saturated carbocycles. The van der Waals surface area contributed by atoms with Gasteiger partial charge in [0.1, 0.15) is 6.04 Å². The van der Waals surface area contributed by atoms with Gasteiger partial charge in [0.25, 0.3) is 0 Å². The summed E-state index contributed by atoms with van der Waals surface area (Å²) in [4.78, 5) is 23.2. The van der Waals surface area contributed by atoms with Crippen LogP contribution in [0.15, 0.2) is 22.7 Å². The fourth-order valence-electron chi connectivity index (χ4n) is 1.94. The van der Waals surface area contributed by atoms with Crippen molar-refractivity contribution >= 4 is 27.8 Å². The normalized spacial score (nSPS) is 13.6. The Morgan fingerprint density at radius 3 is 2.55 bits per heavy atom. The first kappa shape index (κ1) is 16.7. The van der Waals surface area contributed by atoms with Gasteiger partial charge in [0.05, 0.1) is 6.42 Å². The van der Waals surface area contributed by atoms with E-state index >= 15 is 0 Å². The van der Waals surface area contributed by atoms with Gasteiger partial charge in [0.15, 0.2) is 0 Å². The number of carbonyl (C=O) groups excluding carboxylic acids is 1. The van der Waals surface area contributed by atoms with Gasteiger partial charge in [-0.15, -0.1) is 0 Å². The van der Waals surface area contributed by atoms with Crippen molar-refractivity contribution in [2.24, 2.45) is 5.92 Å². The lowest BCUT2D eigenvalue weighted by atomic mass is 9.98. The third kappa shape index (κ3) is 4.63.